The Labute approximate surface area is 106 Å². The zero-order chi connectivity index (χ0) is 12.1. The van der Waals surface area contributed by atoms with Crippen molar-refractivity contribution < 1.29 is 0 Å². The van der Waals surface area contributed by atoms with Crippen molar-refractivity contribution in [2.75, 3.05) is 0 Å². The van der Waals surface area contributed by atoms with Crippen LogP contribution in [0, 0.1) is 28.6 Å². The summed E-state index contributed by atoms with van der Waals surface area (Å²) in [6.07, 6.45) is 15.9. The fourth-order valence-corrected chi connectivity index (χ4v) is 3.73. The quantitative estimate of drug-likeness (QED) is 0.637. The average Bonchev–Trinajstić information content (AvgIpc) is 2.41. The summed E-state index contributed by atoms with van der Waals surface area (Å²) in [5, 5.41) is 9.63. The van der Waals surface area contributed by atoms with Gasteiger partial charge in [-0.3, -0.25) is 0 Å². The summed E-state index contributed by atoms with van der Waals surface area (Å²) < 4.78 is 0. The number of allylic oxidation sites excluding steroid dienone is 2. The molecule has 0 radical (unpaired) electrons. The molecule has 2 aliphatic rings. The molecular formula is C16H25N. The Bertz CT molecular complexity index is 302. The van der Waals surface area contributed by atoms with Gasteiger partial charge in [-0.15, -0.1) is 0 Å². The summed E-state index contributed by atoms with van der Waals surface area (Å²) in [4.78, 5) is 0. The van der Waals surface area contributed by atoms with Crippen molar-refractivity contribution in [2.45, 2.75) is 64.7 Å². The minimum absolute atomic E-state index is 0.0127. The highest BCUT2D eigenvalue weighted by molar-refractivity contribution is 5.12. The summed E-state index contributed by atoms with van der Waals surface area (Å²) in [6, 6.07) is 2.70. The molecule has 0 aromatic rings. The van der Waals surface area contributed by atoms with Crippen LogP contribution in [0.2, 0.25) is 0 Å². The Morgan fingerprint density at radius 2 is 2.06 bits per heavy atom. The van der Waals surface area contributed by atoms with Crippen LogP contribution in [0.1, 0.15) is 64.7 Å². The zero-order valence-electron chi connectivity index (χ0n) is 11.1. The van der Waals surface area contributed by atoms with E-state index in [1.54, 1.807) is 0 Å². The van der Waals surface area contributed by atoms with E-state index in [4.69, 9.17) is 0 Å². The van der Waals surface area contributed by atoms with Gasteiger partial charge in [0.25, 0.3) is 0 Å². The van der Waals surface area contributed by atoms with Crippen LogP contribution in [-0.4, -0.2) is 0 Å². The first-order chi connectivity index (χ1) is 8.30. The second kappa shape index (κ2) is 5.71. The summed E-state index contributed by atoms with van der Waals surface area (Å²) in [6.45, 7) is 2.27. The largest absolute Gasteiger partial charge is 0.198 e. The van der Waals surface area contributed by atoms with Crippen molar-refractivity contribution in [3.63, 3.8) is 0 Å². The lowest BCUT2D eigenvalue weighted by molar-refractivity contribution is 0.144. The van der Waals surface area contributed by atoms with Crippen molar-refractivity contribution in [2.24, 2.45) is 17.3 Å². The third-order valence-electron chi connectivity index (χ3n) is 4.88. The van der Waals surface area contributed by atoms with E-state index in [1.807, 2.05) is 0 Å². The Kier molecular flexibility index (Phi) is 4.26. The van der Waals surface area contributed by atoms with Crippen LogP contribution in [-0.2, 0) is 0 Å². The van der Waals surface area contributed by atoms with E-state index >= 15 is 0 Å². The Morgan fingerprint density at radius 1 is 1.29 bits per heavy atom. The van der Waals surface area contributed by atoms with Gasteiger partial charge in [-0.2, -0.15) is 5.26 Å². The van der Waals surface area contributed by atoms with Gasteiger partial charge in [-0.1, -0.05) is 31.9 Å². The Morgan fingerprint density at radius 3 is 2.59 bits per heavy atom. The van der Waals surface area contributed by atoms with Crippen LogP contribution >= 0.6 is 0 Å². The van der Waals surface area contributed by atoms with Crippen LogP contribution in [0.15, 0.2) is 12.2 Å². The van der Waals surface area contributed by atoms with Crippen molar-refractivity contribution in [3.8, 4) is 6.07 Å². The topological polar surface area (TPSA) is 23.8 Å². The molecule has 0 heterocycles. The highest BCUT2D eigenvalue weighted by Crippen LogP contribution is 2.48. The highest BCUT2D eigenvalue weighted by Gasteiger charge is 2.40. The molecule has 0 bridgehead atoms. The summed E-state index contributed by atoms with van der Waals surface area (Å²) in [7, 11) is 0. The number of hydrogen-bond donors (Lipinski definition) is 0. The normalized spacial score (nSPS) is 37.6. The molecule has 0 aliphatic heterocycles. The molecule has 0 N–H and O–H groups in total. The molecule has 0 aromatic carbocycles. The van der Waals surface area contributed by atoms with E-state index in [1.165, 1.54) is 44.9 Å². The molecule has 1 nitrogen and oxygen atoms in total. The molecule has 2 rings (SSSR count). The molecular weight excluding hydrogens is 206 g/mol. The van der Waals surface area contributed by atoms with Gasteiger partial charge < -0.3 is 0 Å². The molecule has 1 saturated carbocycles. The fourth-order valence-electron chi connectivity index (χ4n) is 3.73. The van der Waals surface area contributed by atoms with E-state index in [9.17, 15) is 5.26 Å². The lowest BCUT2D eigenvalue weighted by Crippen LogP contribution is -2.33. The summed E-state index contributed by atoms with van der Waals surface area (Å²) in [5.41, 5.74) is -0.0127. The lowest BCUT2D eigenvalue weighted by Gasteiger charge is -2.40. The number of hydrogen-bond acceptors (Lipinski definition) is 1. The first-order valence-corrected chi connectivity index (χ1v) is 7.38. The third-order valence-corrected chi connectivity index (χ3v) is 4.88. The molecule has 0 saturated heterocycles. The molecule has 17 heavy (non-hydrogen) atoms. The molecule has 1 heteroatoms. The Balaban J connectivity index is 2.00. The molecule has 0 aromatic heterocycles. The second-order valence-corrected chi connectivity index (χ2v) is 5.97. The van der Waals surface area contributed by atoms with Gasteiger partial charge in [0.1, 0.15) is 0 Å². The monoisotopic (exact) mass is 231 g/mol. The van der Waals surface area contributed by atoms with Gasteiger partial charge in [-0.25, -0.2) is 0 Å². The SMILES string of the molecule is CCCC1CCC(C#N)(C2C=CCCC2)CC1. The van der Waals surface area contributed by atoms with E-state index in [-0.39, 0.29) is 5.41 Å². The predicted molar refractivity (Wildman–Crippen MR) is 71.4 cm³/mol. The second-order valence-electron chi connectivity index (χ2n) is 5.97. The lowest BCUT2D eigenvalue weighted by atomic mass is 9.62. The smallest absolute Gasteiger partial charge is 0.0695 e. The number of nitrogens with zero attached hydrogens (tertiary/aromatic N) is 1. The van der Waals surface area contributed by atoms with Gasteiger partial charge in [0.15, 0.2) is 0 Å². The first kappa shape index (κ1) is 12.7. The Hall–Kier alpha value is -0.770. The van der Waals surface area contributed by atoms with Crippen molar-refractivity contribution in [1.82, 2.24) is 0 Å². The van der Waals surface area contributed by atoms with Crippen molar-refractivity contribution in [3.05, 3.63) is 12.2 Å². The molecule has 0 amide bonds. The average molecular weight is 231 g/mol. The third kappa shape index (κ3) is 2.73. The maximum atomic E-state index is 9.63. The first-order valence-electron chi connectivity index (χ1n) is 7.38. The number of nitriles is 1. The van der Waals surface area contributed by atoms with Gasteiger partial charge in [0.05, 0.1) is 11.5 Å². The maximum absolute atomic E-state index is 9.63. The fraction of sp³-hybridized carbons (Fsp3) is 0.812. The predicted octanol–water partition coefficient (Wildman–Crippen LogP) is 4.84. The summed E-state index contributed by atoms with van der Waals surface area (Å²) in [5.74, 6) is 1.44. The van der Waals surface area contributed by atoms with Crippen LogP contribution in [0.5, 0.6) is 0 Å². The zero-order valence-corrected chi connectivity index (χ0v) is 11.1. The minimum Gasteiger partial charge on any atom is -0.198 e. The van der Waals surface area contributed by atoms with Gasteiger partial charge in [-0.05, 0) is 56.8 Å². The van der Waals surface area contributed by atoms with E-state index in [2.05, 4.69) is 25.1 Å². The van der Waals surface area contributed by atoms with Crippen LogP contribution in [0.3, 0.4) is 0 Å². The van der Waals surface area contributed by atoms with Crippen LogP contribution in [0.25, 0.3) is 0 Å². The standard InChI is InChI=1S/C16H25N/c1-2-6-14-9-11-16(13-17,12-10-14)15-7-4-3-5-8-15/h4,7,14-15H,2-3,5-6,8-12H2,1H3. The van der Waals surface area contributed by atoms with E-state index in [0.717, 1.165) is 18.8 Å². The van der Waals surface area contributed by atoms with Gasteiger partial charge in [0.2, 0.25) is 0 Å². The number of rotatable bonds is 3. The molecule has 1 fully saturated rings. The van der Waals surface area contributed by atoms with Crippen LogP contribution < -0.4 is 0 Å². The van der Waals surface area contributed by atoms with E-state index in [0.29, 0.717) is 5.92 Å². The van der Waals surface area contributed by atoms with Gasteiger partial charge in [0, 0.05) is 0 Å². The molecule has 2 aliphatic carbocycles. The summed E-state index contributed by atoms with van der Waals surface area (Å²) >= 11 is 0. The molecule has 0 spiro atoms. The maximum Gasteiger partial charge on any atom is 0.0695 e. The van der Waals surface area contributed by atoms with Crippen molar-refractivity contribution >= 4 is 0 Å². The van der Waals surface area contributed by atoms with Crippen LogP contribution in [0.4, 0.5) is 0 Å². The van der Waals surface area contributed by atoms with E-state index < -0.39 is 0 Å². The molecule has 1 unspecified atom stereocenters. The van der Waals surface area contributed by atoms with Crippen molar-refractivity contribution in [1.29, 1.82) is 5.26 Å². The van der Waals surface area contributed by atoms with Gasteiger partial charge >= 0.3 is 0 Å². The minimum atomic E-state index is -0.0127. The molecule has 94 valence electrons. The highest BCUT2D eigenvalue weighted by atomic mass is 14.5. The molecule has 1 atom stereocenters.